The largest absolute Gasteiger partial charge is 0.481 e. The molecule has 0 radical (unpaired) electrons. The molecule has 3 rings (SSSR count). The molecule has 1 aliphatic heterocycles. The Morgan fingerprint density at radius 2 is 1.76 bits per heavy atom. The highest BCUT2D eigenvalue weighted by molar-refractivity contribution is 6.00. The highest BCUT2D eigenvalue weighted by Gasteiger charge is 2.22. The summed E-state index contributed by atoms with van der Waals surface area (Å²) in [4.78, 5) is 37.1. The normalized spacial score (nSPS) is 15.9. The zero-order valence-corrected chi connectivity index (χ0v) is 19.1. The van der Waals surface area contributed by atoms with Crippen molar-refractivity contribution in [3.8, 4) is 0 Å². The number of carboxylic acid groups (broad SMARTS) is 1. The predicted octanol–water partition coefficient (Wildman–Crippen LogP) is 3.75. The third-order valence-electron chi connectivity index (χ3n) is 5.27. The molecular weight excluding hydrogens is 440 g/mol. The molecule has 2 aromatic carbocycles. The van der Waals surface area contributed by atoms with Crippen LogP contribution in [0.1, 0.15) is 18.4 Å². The van der Waals surface area contributed by atoms with E-state index in [0.29, 0.717) is 37.5 Å². The fourth-order valence-electron chi connectivity index (χ4n) is 3.50. The van der Waals surface area contributed by atoms with Crippen molar-refractivity contribution in [2.75, 3.05) is 48.8 Å². The van der Waals surface area contributed by atoms with E-state index in [1.807, 2.05) is 31.2 Å². The second-order valence-corrected chi connectivity index (χ2v) is 7.99. The van der Waals surface area contributed by atoms with E-state index < -0.39 is 12.1 Å². The first kappa shape index (κ1) is 25.0. The summed E-state index contributed by atoms with van der Waals surface area (Å²) in [6.07, 6.45) is -0.165. The summed E-state index contributed by atoms with van der Waals surface area (Å²) in [6.45, 7) is 4.49. The van der Waals surface area contributed by atoms with E-state index in [2.05, 4.69) is 20.9 Å². The Labute approximate surface area is 198 Å². The zero-order chi connectivity index (χ0) is 24.3. The van der Waals surface area contributed by atoms with Crippen LogP contribution < -0.4 is 16.0 Å². The quantitative estimate of drug-likeness (QED) is 0.439. The third kappa shape index (κ3) is 8.38. The average Bonchev–Trinajstić information content (AvgIpc) is 2.81. The Kier molecular flexibility index (Phi) is 9.24. The van der Waals surface area contributed by atoms with E-state index in [-0.39, 0.29) is 25.2 Å². The molecule has 10 nitrogen and oxygen atoms in total. The third-order valence-corrected chi connectivity index (χ3v) is 5.27. The summed E-state index contributed by atoms with van der Waals surface area (Å²) in [7, 11) is 0. The van der Waals surface area contributed by atoms with Crippen LogP contribution in [0.4, 0.5) is 26.7 Å². The molecule has 0 aromatic heterocycles. The van der Waals surface area contributed by atoms with Crippen LogP contribution in [0.5, 0.6) is 0 Å². The van der Waals surface area contributed by atoms with Gasteiger partial charge in [-0.1, -0.05) is 18.2 Å². The molecule has 34 heavy (non-hydrogen) atoms. The van der Waals surface area contributed by atoms with Gasteiger partial charge in [0.05, 0.1) is 6.61 Å². The number of aryl methyl sites for hydroxylation is 1. The van der Waals surface area contributed by atoms with Crippen LogP contribution in [0.25, 0.3) is 0 Å². The number of ether oxygens (including phenoxy) is 2. The monoisotopic (exact) mass is 470 g/mol. The topological polar surface area (TPSA) is 129 Å². The maximum absolute atomic E-state index is 12.2. The first-order chi connectivity index (χ1) is 16.4. The molecule has 0 spiro atoms. The number of rotatable bonds is 9. The smallest absolute Gasteiger partial charge is 0.411 e. The number of carbonyl (C=O) groups is 3. The van der Waals surface area contributed by atoms with E-state index >= 15 is 0 Å². The summed E-state index contributed by atoms with van der Waals surface area (Å²) < 4.78 is 10.9. The lowest BCUT2D eigenvalue weighted by atomic mass is 10.2. The second-order valence-electron chi connectivity index (χ2n) is 7.99. The number of aliphatic carboxylic acids is 1. The van der Waals surface area contributed by atoms with E-state index in [1.165, 1.54) is 0 Å². The van der Waals surface area contributed by atoms with Gasteiger partial charge in [-0.25, -0.2) is 9.59 Å². The van der Waals surface area contributed by atoms with Gasteiger partial charge in [0, 0.05) is 36.6 Å². The molecule has 1 unspecified atom stereocenters. The van der Waals surface area contributed by atoms with E-state index in [4.69, 9.17) is 14.6 Å². The Hall–Kier alpha value is -3.63. The molecular formula is C24H30N4O6. The van der Waals surface area contributed by atoms with E-state index in [0.717, 1.165) is 17.8 Å². The SMILES string of the molecule is Cc1ccccc1NC(=O)Nc1ccc(NC(=O)OCC2CN(CCCC(=O)O)CCO2)cc1. The molecule has 1 saturated heterocycles. The number of hydrogen-bond acceptors (Lipinski definition) is 6. The van der Waals surface area contributed by atoms with Crippen molar-refractivity contribution in [2.45, 2.75) is 25.9 Å². The predicted molar refractivity (Wildman–Crippen MR) is 128 cm³/mol. The van der Waals surface area contributed by atoms with Gasteiger partial charge in [0.25, 0.3) is 0 Å². The van der Waals surface area contributed by atoms with E-state index in [9.17, 15) is 14.4 Å². The number of carbonyl (C=O) groups excluding carboxylic acids is 2. The molecule has 0 aliphatic carbocycles. The molecule has 2 aromatic rings. The molecule has 182 valence electrons. The van der Waals surface area contributed by atoms with Crippen LogP contribution in [0.3, 0.4) is 0 Å². The first-order valence-corrected chi connectivity index (χ1v) is 11.1. The Bertz CT molecular complexity index is 982. The molecule has 1 atom stereocenters. The number of benzene rings is 2. The number of carboxylic acids is 1. The van der Waals surface area contributed by atoms with Crippen LogP contribution in [-0.4, -0.2) is 67.1 Å². The summed E-state index contributed by atoms with van der Waals surface area (Å²) in [5, 5.41) is 16.9. The molecule has 1 fully saturated rings. The first-order valence-electron chi connectivity index (χ1n) is 11.1. The van der Waals surface area contributed by atoms with Crippen LogP contribution in [0.2, 0.25) is 0 Å². The minimum absolute atomic E-state index is 0.0972. The lowest BCUT2D eigenvalue weighted by Gasteiger charge is -2.32. The van der Waals surface area contributed by atoms with Crippen LogP contribution in [0, 0.1) is 6.92 Å². The van der Waals surface area contributed by atoms with Crippen molar-refractivity contribution in [1.82, 2.24) is 4.90 Å². The Balaban J connectivity index is 1.38. The van der Waals surface area contributed by atoms with Gasteiger partial charge < -0.3 is 25.2 Å². The molecule has 0 saturated carbocycles. The second kappa shape index (κ2) is 12.6. The highest BCUT2D eigenvalue weighted by Crippen LogP contribution is 2.16. The summed E-state index contributed by atoms with van der Waals surface area (Å²) in [5.74, 6) is -0.806. The maximum Gasteiger partial charge on any atom is 0.411 e. The van der Waals surface area contributed by atoms with Crippen LogP contribution >= 0.6 is 0 Å². The van der Waals surface area contributed by atoms with E-state index in [1.54, 1.807) is 24.3 Å². The molecule has 4 N–H and O–H groups in total. The van der Waals surface area contributed by atoms with Crippen LogP contribution in [0.15, 0.2) is 48.5 Å². The number of nitrogens with zero attached hydrogens (tertiary/aromatic N) is 1. The van der Waals surface area contributed by atoms with Crippen molar-refractivity contribution in [2.24, 2.45) is 0 Å². The number of nitrogens with one attached hydrogen (secondary N) is 3. The fraction of sp³-hybridized carbons (Fsp3) is 0.375. The van der Waals surface area contributed by atoms with Crippen molar-refractivity contribution in [3.05, 3.63) is 54.1 Å². The molecule has 0 bridgehead atoms. The maximum atomic E-state index is 12.2. The van der Waals surface area contributed by atoms with Gasteiger partial charge in [-0.15, -0.1) is 0 Å². The number of amides is 3. The highest BCUT2D eigenvalue weighted by atomic mass is 16.6. The fourth-order valence-corrected chi connectivity index (χ4v) is 3.50. The molecule has 3 amide bonds. The lowest BCUT2D eigenvalue weighted by molar-refractivity contribution is -0.137. The van der Waals surface area contributed by atoms with Crippen molar-refractivity contribution >= 4 is 35.2 Å². The number of anilines is 3. The minimum atomic E-state index is -0.806. The van der Waals surface area contributed by atoms with Gasteiger partial charge in [0.15, 0.2) is 0 Å². The van der Waals surface area contributed by atoms with Gasteiger partial charge in [-0.3, -0.25) is 15.0 Å². The zero-order valence-electron chi connectivity index (χ0n) is 19.1. The number of urea groups is 1. The average molecular weight is 471 g/mol. The lowest BCUT2D eigenvalue weighted by Crippen LogP contribution is -2.45. The van der Waals surface area contributed by atoms with Crippen LogP contribution in [-0.2, 0) is 14.3 Å². The van der Waals surface area contributed by atoms with Gasteiger partial charge in [0.2, 0.25) is 0 Å². The van der Waals surface area contributed by atoms with Crippen molar-refractivity contribution in [3.63, 3.8) is 0 Å². The van der Waals surface area contributed by atoms with Gasteiger partial charge in [-0.05, 0) is 55.8 Å². The van der Waals surface area contributed by atoms with Gasteiger partial charge in [0.1, 0.15) is 12.7 Å². The van der Waals surface area contributed by atoms with Crippen molar-refractivity contribution < 1.29 is 29.0 Å². The molecule has 10 heteroatoms. The number of hydrogen-bond donors (Lipinski definition) is 4. The standard InChI is InChI=1S/C24H30N4O6/c1-17-5-2-3-6-21(17)27-23(31)25-18-8-10-19(11-9-18)26-24(32)34-16-20-15-28(13-14-33-20)12-4-7-22(29)30/h2-3,5-6,8-11,20H,4,7,12-16H2,1H3,(H,26,32)(H,29,30)(H2,25,27,31). The minimum Gasteiger partial charge on any atom is -0.481 e. The summed E-state index contributed by atoms with van der Waals surface area (Å²) in [5.41, 5.74) is 2.78. The summed E-state index contributed by atoms with van der Waals surface area (Å²) in [6, 6.07) is 13.8. The Morgan fingerprint density at radius 3 is 2.47 bits per heavy atom. The number of morpholine rings is 1. The molecule has 1 heterocycles. The Morgan fingerprint density at radius 1 is 1.06 bits per heavy atom. The van der Waals surface area contributed by atoms with Gasteiger partial charge in [-0.2, -0.15) is 0 Å². The molecule has 1 aliphatic rings. The summed E-state index contributed by atoms with van der Waals surface area (Å²) >= 11 is 0. The van der Waals surface area contributed by atoms with Crippen molar-refractivity contribution in [1.29, 1.82) is 0 Å². The van der Waals surface area contributed by atoms with Gasteiger partial charge >= 0.3 is 18.1 Å². The number of para-hydroxylation sites is 1.